The van der Waals surface area contributed by atoms with Crippen molar-refractivity contribution < 1.29 is 9.32 Å². The molecule has 0 unspecified atom stereocenters. The molecule has 0 bridgehead atoms. The van der Waals surface area contributed by atoms with Gasteiger partial charge >= 0.3 is 0 Å². The minimum absolute atomic E-state index is 0.0464. The first kappa shape index (κ1) is 18.7. The van der Waals surface area contributed by atoms with Crippen LogP contribution in [0.2, 0.25) is 0 Å². The first-order valence-electron chi connectivity index (χ1n) is 9.44. The monoisotopic (exact) mass is 398 g/mol. The summed E-state index contributed by atoms with van der Waals surface area (Å²) >= 11 is 1.19. The van der Waals surface area contributed by atoms with Gasteiger partial charge in [0, 0.05) is 25.2 Å². The van der Waals surface area contributed by atoms with Gasteiger partial charge in [0.05, 0.1) is 34.5 Å². The molecule has 1 fully saturated rings. The van der Waals surface area contributed by atoms with E-state index in [1.807, 2.05) is 31.9 Å². The van der Waals surface area contributed by atoms with Crippen LogP contribution in [0.5, 0.6) is 0 Å². The highest BCUT2D eigenvalue weighted by atomic mass is 32.1. The summed E-state index contributed by atoms with van der Waals surface area (Å²) in [7, 11) is 0. The Bertz CT molecular complexity index is 953. The summed E-state index contributed by atoms with van der Waals surface area (Å²) in [6.07, 6.45) is 6.10. The zero-order chi connectivity index (χ0) is 19.7. The number of carbonyl (C=O) groups is 1. The maximum atomic E-state index is 12.7. The lowest BCUT2D eigenvalue weighted by molar-refractivity contribution is 0.0715. The lowest BCUT2D eigenvalue weighted by Crippen LogP contribution is -2.38. The van der Waals surface area contributed by atoms with Crippen LogP contribution >= 0.6 is 11.5 Å². The Balaban J connectivity index is 1.42. The Morgan fingerprint density at radius 2 is 2.04 bits per heavy atom. The zero-order valence-corrected chi connectivity index (χ0v) is 17.0. The van der Waals surface area contributed by atoms with Gasteiger partial charge in [-0.05, 0) is 44.6 Å². The number of rotatable bonds is 4. The van der Waals surface area contributed by atoms with Gasteiger partial charge < -0.3 is 9.42 Å². The van der Waals surface area contributed by atoms with Crippen LogP contribution in [0.25, 0.3) is 11.3 Å². The van der Waals surface area contributed by atoms with Crippen molar-refractivity contribution in [1.82, 2.24) is 29.6 Å². The van der Waals surface area contributed by atoms with Gasteiger partial charge in [-0.15, -0.1) is 5.10 Å². The molecule has 3 aromatic heterocycles. The second-order valence-electron chi connectivity index (χ2n) is 6.99. The van der Waals surface area contributed by atoms with E-state index in [0.717, 1.165) is 53.4 Å². The summed E-state index contributed by atoms with van der Waals surface area (Å²) in [6, 6.07) is 0. The maximum absolute atomic E-state index is 12.7. The molecule has 1 saturated heterocycles. The lowest BCUT2D eigenvalue weighted by Gasteiger charge is -2.31. The Hall–Kier alpha value is -2.68. The SMILES string of the molecule is CCc1nnsc1C(=O)N1CCC(c2cnc(-c3c(C)noc3C)cn2)CC1. The quantitative estimate of drug-likeness (QED) is 0.665. The molecule has 4 rings (SSSR count). The van der Waals surface area contributed by atoms with Crippen molar-refractivity contribution in [3.8, 4) is 11.3 Å². The third-order valence-corrected chi connectivity index (χ3v) is 6.00. The molecule has 0 N–H and O–H groups in total. The van der Waals surface area contributed by atoms with Crippen LogP contribution in [0.3, 0.4) is 0 Å². The van der Waals surface area contributed by atoms with Crippen molar-refractivity contribution in [2.75, 3.05) is 13.1 Å². The van der Waals surface area contributed by atoms with Gasteiger partial charge in [0.15, 0.2) is 0 Å². The molecule has 9 heteroatoms. The number of piperidine rings is 1. The van der Waals surface area contributed by atoms with E-state index in [9.17, 15) is 4.79 Å². The van der Waals surface area contributed by atoms with E-state index in [-0.39, 0.29) is 5.91 Å². The van der Waals surface area contributed by atoms with Crippen LogP contribution < -0.4 is 0 Å². The largest absolute Gasteiger partial charge is 0.361 e. The Labute approximate surface area is 167 Å². The second kappa shape index (κ2) is 7.75. The van der Waals surface area contributed by atoms with E-state index in [0.29, 0.717) is 23.9 Å². The number of aryl methyl sites for hydroxylation is 3. The number of nitrogens with zero attached hydrogens (tertiary/aromatic N) is 6. The molecule has 1 amide bonds. The fraction of sp³-hybridized carbons (Fsp3) is 0.474. The summed E-state index contributed by atoms with van der Waals surface area (Å²) in [5.41, 5.74) is 4.26. The smallest absolute Gasteiger partial charge is 0.267 e. The molecule has 0 radical (unpaired) electrons. The topological polar surface area (TPSA) is 97.9 Å². The van der Waals surface area contributed by atoms with E-state index in [4.69, 9.17) is 4.52 Å². The third-order valence-electron chi connectivity index (χ3n) is 5.25. The van der Waals surface area contributed by atoms with Crippen molar-refractivity contribution in [3.63, 3.8) is 0 Å². The molecule has 0 aromatic carbocycles. The summed E-state index contributed by atoms with van der Waals surface area (Å²) in [5, 5.41) is 8.02. The van der Waals surface area contributed by atoms with Gasteiger partial charge in [0.1, 0.15) is 10.6 Å². The van der Waals surface area contributed by atoms with Crippen LogP contribution in [-0.2, 0) is 6.42 Å². The van der Waals surface area contributed by atoms with Gasteiger partial charge in [-0.1, -0.05) is 16.6 Å². The van der Waals surface area contributed by atoms with Crippen LogP contribution in [0, 0.1) is 13.8 Å². The van der Waals surface area contributed by atoms with Crippen molar-refractivity contribution in [2.45, 2.75) is 46.0 Å². The molecule has 8 nitrogen and oxygen atoms in total. The third kappa shape index (κ3) is 3.42. The number of aromatic nitrogens is 5. The van der Waals surface area contributed by atoms with Crippen LogP contribution in [-0.4, -0.2) is 48.6 Å². The minimum atomic E-state index is 0.0464. The first-order chi connectivity index (χ1) is 13.6. The standard InChI is InChI=1S/C19H22N6O2S/c1-4-14-18(28-24-22-14)19(26)25-7-5-13(6-8-25)15-9-21-16(10-20-15)17-11(2)23-27-12(17)3/h9-10,13H,4-8H2,1-3H3. The van der Waals surface area contributed by atoms with Gasteiger partial charge in [0.25, 0.3) is 5.91 Å². The van der Waals surface area contributed by atoms with E-state index in [1.54, 1.807) is 6.20 Å². The number of hydrogen-bond donors (Lipinski definition) is 0. The lowest BCUT2D eigenvalue weighted by atomic mass is 9.93. The number of amides is 1. The minimum Gasteiger partial charge on any atom is -0.361 e. The molecule has 1 aliphatic rings. The Morgan fingerprint density at radius 3 is 2.64 bits per heavy atom. The maximum Gasteiger partial charge on any atom is 0.267 e. The zero-order valence-electron chi connectivity index (χ0n) is 16.2. The van der Waals surface area contributed by atoms with E-state index >= 15 is 0 Å². The highest BCUT2D eigenvalue weighted by molar-refractivity contribution is 7.08. The van der Waals surface area contributed by atoms with Gasteiger partial charge in [-0.3, -0.25) is 14.8 Å². The molecule has 146 valence electrons. The molecular weight excluding hydrogens is 376 g/mol. The van der Waals surface area contributed by atoms with Crippen LogP contribution in [0.4, 0.5) is 0 Å². The Morgan fingerprint density at radius 1 is 1.25 bits per heavy atom. The van der Waals surface area contributed by atoms with Gasteiger partial charge in [-0.2, -0.15) is 0 Å². The molecule has 0 saturated carbocycles. The van der Waals surface area contributed by atoms with Crippen molar-refractivity contribution in [1.29, 1.82) is 0 Å². The fourth-order valence-corrected chi connectivity index (χ4v) is 4.37. The van der Waals surface area contributed by atoms with Gasteiger partial charge in [0.2, 0.25) is 0 Å². The van der Waals surface area contributed by atoms with Crippen LogP contribution in [0.15, 0.2) is 16.9 Å². The molecule has 0 spiro atoms. The summed E-state index contributed by atoms with van der Waals surface area (Å²) in [5.74, 6) is 1.10. The van der Waals surface area contributed by atoms with E-state index in [2.05, 4.69) is 24.7 Å². The molecule has 3 aromatic rings. The molecule has 1 aliphatic heterocycles. The van der Waals surface area contributed by atoms with Gasteiger partial charge in [-0.25, -0.2) is 0 Å². The first-order valence-corrected chi connectivity index (χ1v) is 10.2. The second-order valence-corrected chi connectivity index (χ2v) is 7.75. The van der Waals surface area contributed by atoms with E-state index < -0.39 is 0 Å². The molecule has 4 heterocycles. The molecule has 28 heavy (non-hydrogen) atoms. The normalized spacial score (nSPS) is 15.2. The average Bonchev–Trinajstić information content (AvgIpc) is 3.34. The van der Waals surface area contributed by atoms with Crippen molar-refractivity contribution in [3.05, 3.63) is 40.1 Å². The van der Waals surface area contributed by atoms with Crippen molar-refractivity contribution in [2.24, 2.45) is 0 Å². The van der Waals surface area contributed by atoms with Crippen molar-refractivity contribution >= 4 is 17.4 Å². The summed E-state index contributed by atoms with van der Waals surface area (Å²) < 4.78 is 9.14. The molecular formula is C19H22N6O2S. The average molecular weight is 398 g/mol. The summed E-state index contributed by atoms with van der Waals surface area (Å²) in [6.45, 7) is 7.18. The Kier molecular flexibility index (Phi) is 5.17. The number of hydrogen-bond acceptors (Lipinski definition) is 8. The predicted molar refractivity (Wildman–Crippen MR) is 104 cm³/mol. The van der Waals surface area contributed by atoms with Crippen LogP contribution in [0.1, 0.15) is 58.2 Å². The highest BCUT2D eigenvalue weighted by Crippen LogP contribution is 2.30. The highest BCUT2D eigenvalue weighted by Gasteiger charge is 2.28. The number of likely N-dealkylation sites (tertiary alicyclic amines) is 1. The fourth-order valence-electron chi connectivity index (χ4n) is 3.65. The van der Waals surface area contributed by atoms with E-state index in [1.165, 1.54) is 11.5 Å². The molecule has 0 aliphatic carbocycles. The summed E-state index contributed by atoms with van der Waals surface area (Å²) in [4.78, 5) is 24.5. The number of carbonyl (C=O) groups excluding carboxylic acids is 1. The molecule has 0 atom stereocenters. The predicted octanol–water partition coefficient (Wildman–Crippen LogP) is 3.18.